The van der Waals surface area contributed by atoms with Crippen molar-refractivity contribution >= 4 is 5.91 Å². The first kappa shape index (κ1) is 15.0. The van der Waals surface area contributed by atoms with E-state index in [1.165, 1.54) is 5.56 Å². The predicted octanol–water partition coefficient (Wildman–Crippen LogP) is 1.77. The van der Waals surface area contributed by atoms with Gasteiger partial charge in [0.15, 0.2) is 11.5 Å². The molecule has 6 heteroatoms. The Hall–Kier alpha value is -2.60. The summed E-state index contributed by atoms with van der Waals surface area (Å²) in [7, 11) is 0. The highest BCUT2D eigenvalue weighted by atomic mass is 16.7. The molecule has 0 spiro atoms. The van der Waals surface area contributed by atoms with Crippen LogP contribution in [0.5, 0.6) is 11.5 Å². The molecule has 0 radical (unpaired) electrons. The summed E-state index contributed by atoms with van der Waals surface area (Å²) < 4.78 is 10.6. The van der Waals surface area contributed by atoms with Crippen LogP contribution in [0.2, 0.25) is 0 Å². The molecule has 3 heterocycles. The molecule has 0 aliphatic carbocycles. The van der Waals surface area contributed by atoms with Crippen LogP contribution in [0.15, 0.2) is 42.7 Å². The Morgan fingerprint density at radius 1 is 1.00 bits per heavy atom. The molecule has 2 aromatic rings. The Kier molecular flexibility index (Phi) is 4.04. The Morgan fingerprint density at radius 2 is 1.75 bits per heavy atom. The number of ether oxygens (including phenoxy) is 2. The minimum absolute atomic E-state index is 0.0526. The van der Waals surface area contributed by atoms with Crippen LogP contribution in [0.25, 0.3) is 0 Å². The quantitative estimate of drug-likeness (QED) is 0.861. The van der Waals surface area contributed by atoms with Gasteiger partial charge in [0.1, 0.15) is 0 Å². The van der Waals surface area contributed by atoms with Gasteiger partial charge in [0.25, 0.3) is 5.91 Å². The highest BCUT2D eigenvalue weighted by Gasteiger charge is 2.24. The summed E-state index contributed by atoms with van der Waals surface area (Å²) in [6, 6.07) is 9.44. The largest absolute Gasteiger partial charge is 0.454 e. The van der Waals surface area contributed by atoms with E-state index in [9.17, 15) is 4.79 Å². The minimum Gasteiger partial charge on any atom is -0.454 e. The van der Waals surface area contributed by atoms with Crippen molar-refractivity contribution in [3.8, 4) is 11.5 Å². The third-order valence-corrected chi connectivity index (χ3v) is 4.43. The molecule has 0 saturated carbocycles. The molecule has 1 amide bonds. The second-order valence-electron chi connectivity index (χ2n) is 5.99. The third kappa shape index (κ3) is 3.05. The minimum atomic E-state index is 0.0526. The first-order valence-corrected chi connectivity index (χ1v) is 8.10. The van der Waals surface area contributed by atoms with Gasteiger partial charge in [0, 0.05) is 50.7 Å². The third-order valence-electron chi connectivity index (χ3n) is 4.43. The van der Waals surface area contributed by atoms with Crippen molar-refractivity contribution in [1.82, 2.24) is 14.8 Å². The Morgan fingerprint density at radius 3 is 2.54 bits per heavy atom. The van der Waals surface area contributed by atoms with E-state index in [0.29, 0.717) is 17.1 Å². The maximum atomic E-state index is 12.7. The zero-order valence-corrected chi connectivity index (χ0v) is 13.4. The number of piperazine rings is 1. The number of pyridine rings is 1. The van der Waals surface area contributed by atoms with E-state index < -0.39 is 0 Å². The zero-order valence-electron chi connectivity index (χ0n) is 13.4. The summed E-state index contributed by atoms with van der Waals surface area (Å²) in [5, 5.41) is 0. The fourth-order valence-corrected chi connectivity index (χ4v) is 3.07. The lowest BCUT2D eigenvalue weighted by Crippen LogP contribution is -2.48. The average Bonchev–Trinajstić information content (AvgIpc) is 3.10. The fourth-order valence-electron chi connectivity index (χ4n) is 3.07. The smallest absolute Gasteiger partial charge is 0.254 e. The van der Waals surface area contributed by atoms with Crippen LogP contribution < -0.4 is 9.47 Å². The van der Waals surface area contributed by atoms with E-state index in [2.05, 4.69) is 9.88 Å². The van der Waals surface area contributed by atoms with Crippen LogP contribution in [0, 0.1) is 0 Å². The van der Waals surface area contributed by atoms with Crippen LogP contribution in [0.1, 0.15) is 15.9 Å². The standard InChI is InChI=1S/C18H19N3O3/c22-18(15-1-2-16-17(11-15)24-13-23-16)21-9-7-20(8-10-21)12-14-3-5-19-6-4-14/h1-6,11H,7-10,12-13H2. The van der Waals surface area contributed by atoms with Gasteiger partial charge < -0.3 is 14.4 Å². The number of amides is 1. The Balaban J connectivity index is 1.36. The van der Waals surface area contributed by atoms with Gasteiger partial charge in [-0.15, -0.1) is 0 Å². The monoisotopic (exact) mass is 325 g/mol. The van der Waals surface area contributed by atoms with E-state index in [1.807, 2.05) is 29.4 Å². The predicted molar refractivity (Wildman–Crippen MR) is 88.0 cm³/mol. The van der Waals surface area contributed by atoms with Crippen molar-refractivity contribution in [2.24, 2.45) is 0 Å². The van der Waals surface area contributed by atoms with Gasteiger partial charge in [-0.05, 0) is 35.9 Å². The molecule has 1 aromatic heterocycles. The molecule has 4 rings (SSSR count). The molecule has 2 aliphatic rings. The molecule has 124 valence electrons. The first-order valence-electron chi connectivity index (χ1n) is 8.10. The van der Waals surface area contributed by atoms with Gasteiger partial charge in [0.05, 0.1) is 0 Å². The second-order valence-corrected chi connectivity index (χ2v) is 5.99. The molecule has 1 saturated heterocycles. The molecule has 6 nitrogen and oxygen atoms in total. The van der Waals surface area contributed by atoms with Crippen LogP contribution in [-0.2, 0) is 6.54 Å². The molecule has 1 fully saturated rings. The maximum absolute atomic E-state index is 12.7. The lowest BCUT2D eigenvalue weighted by atomic mass is 10.1. The van der Waals surface area contributed by atoms with Crippen molar-refractivity contribution < 1.29 is 14.3 Å². The van der Waals surface area contributed by atoms with Gasteiger partial charge in [-0.1, -0.05) is 0 Å². The molecule has 0 N–H and O–H groups in total. The number of carbonyl (C=O) groups excluding carboxylic acids is 1. The van der Waals surface area contributed by atoms with E-state index in [-0.39, 0.29) is 12.7 Å². The van der Waals surface area contributed by atoms with Crippen molar-refractivity contribution in [3.05, 3.63) is 53.9 Å². The van der Waals surface area contributed by atoms with E-state index in [1.54, 1.807) is 18.2 Å². The van der Waals surface area contributed by atoms with E-state index >= 15 is 0 Å². The van der Waals surface area contributed by atoms with Gasteiger partial charge in [-0.25, -0.2) is 0 Å². The van der Waals surface area contributed by atoms with Gasteiger partial charge in [-0.2, -0.15) is 0 Å². The topological polar surface area (TPSA) is 54.9 Å². The SMILES string of the molecule is O=C(c1ccc2c(c1)OCO2)N1CCN(Cc2ccncc2)CC1. The van der Waals surface area contributed by atoms with E-state index in [0.717, 1.165) is 32.7 Å². The van der Waals surface area contributed by atoms with Crippen molar-refractivity contribution in [3.63, 3.8) is 0 Å². The number of nitrogens with zero attached hydrogens (tertiary/aromatic N) is 3. The summed E-state index contributed by atoms with van der Waals surface area (Å²) in [5.41, 5.74) is 1.90. The van der Waals surface area contributed by atoms with Crippen molar-refractivity contribution in [2.75, 3.05) is 33.0 Å². The number of rotatable bonds is 3. The molecule has 24 heavy (non-hydrogen) atoms. The molecule has 1 aromatic carbocycles. The normalized spacial score (nSPS) is 17.1. The number of benzene rings is 1. The molecule has 2 aliphatic heterocycles. The Bertz CT molecular complexity index is 728. The van der Waals surface area contributed by atoms with Crippen LogP contribution in [-0.4, -0.2) is 53.7 Å². The second kappa shape index (κ2) is 6.49. The van der Waals surface area contributed by atoms with Crippen molar-refractivity contribution in [1.29, 1.82) is 0 Å². The Labute approximate surface area is 140 Å². The van der Waals surface area contributed by atoms with Crippen LogP contribution in [0.3, 0.4) is 0 Å². The van der Waals surface area contributed by atoms with Crippen molar-refractivity contribution in [2.45, 2.75) is 6.54 Å². The summed E-state index contributed by atoms with van der Waals surface area (Å²) >= 11 is 0. The highest BCUT2D eigenvalue weighted by molar-refractivity contribution is 5.95. The van der Waals surface area contributed by atoms with Crippen LogP contribution >= 0.6 is 0 Å². The summed E-state index contributed by atoms with van der Waals surface area (Å²) in [6.07, 6.45) is 3.63. The maximum Gasteiger partial charge on any atom is 0.254 e. The lowest BCUT2D eigenvalue weighted by molar-refractivity contribution is 0.0628. The summed E-state index contributed by atoms with van der Waals surface area (Å²) in [4.78, 5) is 21.0. The number of fused-ring (bicyclic) bond motifs is 1. The summed E-state index contributed by atoms with van der Waals surface area (Å²) in [6.45, 7) is 4.34. The summed E-state index contributed by atoms with van der Waals surface area (Å²) in [5.74, 6) is 1.41. The lowest BCUT2D eigenvalue weighted by Gasteiger charge is -2.34. The number of hydrogen-bond donors (Lipinski definition) is 0. The zero-order chi connectivity index (χ0) is 16.4. The van der Waals surface area contributed by atoms with Gasteiger partial charge >= 0.3 is 0 Å². The van der Waals surface area contributed by atoms with E-state index in [4.69, 9.17) is 9.47 Å². The number of hydrogen-bond acceptors (Lipinski definition) is 5. The fraction of sp³-hybridized carbons (Fsp3) is 0.333. The molecule has 0 atom stereocenters. The van der Waals surface area contributed by atoms with Gasteiger partial charge in [0.2, 0.25) is 6.79 Å². The molecule has 0 unspecified atom stereocenters. The van der Waals surface area contributed by atoms with Crippen LogP contribution in [0.4, 0.5) is 0 Å². The highest BCUT2D eigenvalue weighted by Crippen LogP contribution is 2.32. The van der Waals surface area contributed by atoms with Gasteiger partial charge in [-0.3, -0.25) is 14.7 Å². The first-order chi connectivity index (χ1) is 11.8. The molecule has 0 bridgehead atoms. The number of aromatic nitrogens is 1. The average molecular weight is 325 g/mol. The molecular formula is C18H19N3O3. The molecular weight excluding hydrogens is 306 g/mol. The number of carbonyl (C=O) groups is 1.